The first-order chi connectivity index (χ1) is 21.3. The van der Waals surface area contributed by atoms with E-state index in [1.165, 1.54) is 7.11 Å². The summed E-state index contributed by atoms with van der Waals surface area (Å²) in [4.78, 5) is 37.5. The van der Waals surface area contributed by atoms with Crippen LogP contribution in [0.4, 0.5) is 10.6 Å². The average Bonchev–Trinajstić information content (AvgIpc) is 3.33. The van der Waals surface area contributed by atoms with Crippen LogP contribution in [0.3, 0.4) is 0 Å². The fourth-order valence-electron chi connectivity index (χ4n) is 5.20. The largest absolute Gasteiger partial charge is 0.497 e. The number of aromatic nitrogens is 4. The van der Waals surface area contributed by atoms with Gasteiger partial charge < -0.3 is 24.4 Å². The van der Waals surface area contributed by atoms with Gasteiger partial charge in [-0.1, -0.05) is 47.5 Å². The Labute approximate surface area is 271 Å². The van der Waals surface area contributed by atoms with Gasteiger partial charge in [0.05, 0.1) is 30.8 Å². The molecule has 0 spiro atoms. The molecule has 1 saturated heterocycles. The Morgan fingerprint density at radius 1 is 1.02 bits per heavy atom. The number of nitrogens with zero attached hydrogens (tertiary/aromatic N) is 5. The van der Waals surface area contributed by atoms with Gasteiger partial charge in [-0.15, -0.1) is 0 Å². The minimum atomic E-state index is -0.634. The van der Waals surface area contributed by atoms with Crippen molar-refractivity contribution in [1.82, 2.24) is 25.1 Å². The lowest BCUT2D eigenvalue weighted by Gasteiger charge is -2.40. The van der Waals surface area contributed by atoms with Crippen molar-refractivity contribution in [3.8, 4) is 17.0 Å². The molecule has 1 fully saturated rings. The lowest BCUT2D eigenvalue weighted by molar-refractivity contribution is 0.0448. The van der Waals surface area contributed by atoms with E-state index in [0.29, 0.717) is 70.8 Å². The SMILES string of the molecule is COC(=O)c1nc2c(-c3cccc(Cl)c3Cl)nn(Cc3ccc(OC)cc3)c2nc1N1CCC(C)(NC(=O)OC(C)(C)C)CC1. The van der Waals surface area contributed by atoms with Gasteiger partial charge in [0, 0.05) is 24.2 Å². The van der Waals surface area contributed by atoms with Crippen LogP contribution in [0.15, 0.2) is 42.5 Å². The predicted molar refractivity (Wildman–Crippen MR) is 173 cm³/mol. The first-order valence-electron chi connectivity index (χ1n) is 14.5. The van der Waals surface area contributed by atoms with E-state index < -0.39 is 23.2 Å². The lowest BCUT2D eigenvalue weighted by Crippen LogP contribution is -2.54. The Hall–Kier alpha value is -4.09. The fraction of sp³-hybridized carbons (Fsp3) is 0.406. The van der Waals surface area contributed by atoms with Crippen LogP contribution in [0.2, 0.25) is 10.0 Å². The first kappa shape index (κ1) is 32.3. The number of nitrogens with one attached hydrogen (secondary N) is 1. The third kappa shape index (κ3) is 7.10. The van der Waals surface area contributed by atoms with Crippen LogP contribution in [0.1, 0.15) is 56.6 Å². The van der Waals surface area contributed by atoms with Crippen LogP contribution >= 0.6 is 23.2 Å². The zero-order chi connectivity index (χ0) is 32.5. The van der Waals surface area contributed by atoms with Crippen molar-refractivity contribution in [2.75, 3.05) is 32.2 Å². The van der Waals surface area contributed by atoms with Gasteiger partial charge in [0.15, 0.2) is 17.2 Å². The molecule has 1 N–H and O–H groups in total. The Morgan fingerprint density at radius 3 is 2.33 bits per heavy atom. The van der Waals surface area contributed by atoms with Gasteiger partial charge in [-0.25, -0.2) is 24.2 Å². The summed E-state index contributed by atoms with van der Waals surface area (Å²) >= 11 is 13.0. The maximum atomic E-state index is 13.1. The Kier molecular flexibility index (Phi) is 9.14. The number of piperidine rings is 1. The van der Waals surface area contributed by atoms with E-state index in [9.17, 15) is 9.59 Å². The molecular weight excluding hydrogens is 619 g/mol. The summed E-state index contributed by atoms with van der Waals surface area (Å²) in [5.74, 6) is 0.470. The average molecular weight is 656 g/mol. The van der Waals surface area contributed by atoms with E-state index in [1.54, 1.807) is 30.0 Å². The van der Waals surface area contributed by atoms with Crippen molar-refractivity contribution >= 4 is 52.2 Å². The fourth-order valence-corrected chi connectivity index (χ4v) is 5.59. The van der Waals surface area contributed by atoms with Crippen molar-refractivity contribution in [2.45, 2.75) is 58.2 Å². The number of rotatable bonds is 7. The van der Waals surface area contributed by atoms with E-state index in [1.807, 2.05) is 56.9 Å². The van der Waals surface area contributed by atoms with Gasteiger partial charge >= 0.3 is 12.1 Å². The predicted octanol–water partition coefficient (Wildman–Crippen LogP) is 6.53. The summed E-state index contributed by atoms with van der Waals surface area (Å²) < 4.78 is 17.7. The minimum Gasteiger partial charge on any atom is -0.497 e. The molecule has 1 aliphatic heterocycles. The molecule has 2 aromatic carbocycles. The second-order valence-corrected chi connectivity index (χ2v) is 13.0. The normalized spacial score (nSPS) is 14.7. The van der Waals surface area contributed by atoms with E-state index in [-0.39, 0.29) is 5.69 Å². The van der Waals surface area contributed by atoms with Gasteiger partial charge in [-0.2, -0.15) is 5.10 Å². The van der Waals surface area contributed by atoms with Crippen LogP contribution in [0.5, 0.6) is 5.75 Å². The number of halogens is 2. The zero-order valence-corrected chi connectivity index (χ0v) is 27.6. The maximum absolute atomic E-state index is 13.1. The van der Waals surface area contributed by atoms with E-state index >= 15 is 0 Å². The molecule has 0 saturated carbocycles. The third-order valence-corrected chi connectivity index (χ3v) is 8.41. The van der Waals surface area contributed by atoms with Crippen molar-refractivity contribution in [1.29, 1.82) is 0 Å². The number of amides is 1. The zero-order valence-electron chi connectivity index (χ0n) is 26.1. The molecule has 4 aromatic rings. The molecule has 0 aliphatic carbocycles. The summed E-state index contributed by atoms with van der Waals surface area (Å²) in [7, 11) is 2.92. The van der Waals surface area contributed by atoms with Crippen molar-refractivity contribution in [3.63, 3.8) is 0 Å². The maximum Gasteiger partial charge on any atom is 0.408 e. The number of carbonyl (C=O) groups excluding carboxylic acids is 2. The van der Waals surface area contributed by atoms with Crippen LogP contribution in [0, 0.1) is 0 Å². The van der Waals surface area contributed by atoms with Gasteiger partial charge in [0.25, 0.3) is 0 Å². The van der Waals surface area contributed by atoms with Crippen LogP contribution in [0.25, 0.3) is 22.4 Å². The Balaban J connectivity index is 1.57. The number of fused-ring (bicyclic) bond motifs is 1. The summed E-state index contributed by atoms with van der Waals surface area (Å²) in [6, 6.07) is 12.9. The van der Waals surface area contributed by atoms with E-state index in [0.717, 1.165) is 11.3 Å². The van der Waals surface area contributed by atoms with Crippen LogP contribution < -0.4 is 15.0 Å². The second-order valence-electron chi connectivity index (χ2n) is 12.2. The van der Waals surface area contributed by atoms with Gasteiger partial charge in [0.1, 0.15) is 22.6 Å². The number of carbonyl (C=O) groups is 2. The summed E-state index contributed by atoms with van der Waals surface area (Å²) in [5, 5.41) is 8.57. The smallest absolute Gasteiger partial charge is 0.408 e. The number of methoxy groups -OCH3 is 2. The summed E-state index contributed by atoms with van der Waals surface area (Å²) in [6.07, 6.45) is 0.701. The molecule has 1 aliphatic rings. The number of benzene rings is 2. The van der Waals surface area contributed by atoms with Crippen molar-refractivity contribution in [3.05, 3.63) is 63.8 Å². The highest BCUT2D eigenvalue weighted by atomic mass is 35.5. The number of esters is 1. The molecule has 3 heterocycles. The topological polar surface area (TPSA) is 121 Å². The molecule has 238 valence electrons. The van der Waals surface area contributed by atoms with Crippen LogP contribution in [-0.2, 0) is 16.0 Å². The van der Waals surface area contributed by atoms with Gasteiger partial charge in [-0.05, 0) is 64.3 Å². The van der Waals surface area contributed by atoms with E-state index in [2.05, 4.69) is 5.32 Å². The highest BCUT2D eigenvalue weighted by Gasteiger charge is 2.36. The molecular formula is C32H36Cl2N6O5. The third-order valence-electron chi connectivity index (χ3n) is 7.59. The van der Waals surface area contributed by atoms with Gasteiger partial charge in [-0.3, -0.25) is 0 Å². The molecule has 2 aromatic heterocycles. The number of hydrogen-bond donors (Lipinski definition) is 1. The molecule has 11 nitrogen and oxygen atoms in total. The molecule has 0 unspecified atom stereocenters. The highest BCUT2D eigenvalue weighted by molar-refractivity contribution is 6.43. The number of anilines is 1. The standard InChI is InChI=1S/C32H36Cl2N6O5/c1-31(2,3)45-30(42)37-32(4)14-16-39(17-15-32)27-26(29(41)44-6)35-25-24(21-8-7-9-22(33)23(21)34)38-40(28(25)36-27)18-19-10-12-20(43-5)13-11-19/h7-13H,14-18H2,1-6H3,(H,37,42). The molecule has 45 heavy (non-hydrogen) atoms. The quantitative estimate of drug-likeness (QED) is 0.222. The van der Waals surface area contributed by atoms with E-state index in [4.69, 9.17) is 52.5 Å². The number of ether oxygens (including phenoxy) is 3. The van der Waals surface area contributed by atoms with Gasteiger partial charge in [0.2, 0.25) is 0 Å². The lowest BCUT2D eigenvalue weighted by atomic mass is 9.89. The summed E-state index contributed by atoms with van der Waals surface area (Å²) in [5.41, 5.74) is 1.72. The molecule has 0 radical (unpaired) electrons. The van der Waals surface area contributed by atoms with Crippen LogP contribution in [-0.4, -0.2) is 70.3 Å². The molecule has 0 atom stereocenters. The Bertz CT molecular complexity index is 1730. The monoisotopic (exact) mass is 654 g/mol. The summed E-state index contributed by atoms with van der Waals surface area (Å²) in [6.45, 7) is 8.81. The first-order valence-corrected chi connectivity index (χ1v) is 15.3. The highest BCUT2D eigenvalue weighted by Crippen LogP contribution is 2.37. The van der Waals surface area contributed by atoms with Crippen molar-refractivity contribution in [2.24, 2.45) is 0 Å². The molecule has 0 bridgehead atoms. The molecule has 5 rings (SSSR count). The van der Waals surface area contributed by atoms with Crippen molar-refractivity contribution < 1.29 is 23.8 Å². The number of alkyl carbamates (subject to hydrolysis) is 1. The Morgan fingerprint density at radius 2 is 1.71 bits per heavy atom. The minimum absolute atomic E-state index is 0.0529. The molecule has 1 amide bonds. The second kappa shape index (κ2) is 12.7. The molecule has 13 heteroatoms. The number of hydrogen-bond acceptors (Lipinski definition) is 9.